The lowest BCUT2D eigenvalue weighted by atomic mass is 10.1. The highest BCUT2D eigenvalue weighted by molar-refractivity contribution is 9.10. The van der Waals surface area contributed by atoms with Crippen LogP contribution in [-0.4, -0.2) is 9.67 Å². The number of hydrogen-bond acceptors (Lipinski definition) is 1. The molecule has 2 aromatic rings. The van der Waals surface area contributed by atoms with Crippen molar-refractivity contribution in [3.63, 3.8) is 0 Å². The Balaban J connectivity index is 2.81. The number of aliphatic hydroxyl groups is 1. The fourth-order valence-electron chi connectivity index (χ4n) is 2.22. The highest BCUT2D eigenvalue weighted by atomic mass is 79.9. The van der Waals surface area contributed by atoms with Crippen LogP contribution in [0.3, 0.4) is 0 Å². The van der Waals surface area contributed by atoms with Crippen LogP contribution in [0.2, 0.25) is 0 Å². The maximum absolute atomic E-state index is 10.3. The van der Waals surface area contributed by atoms with Crippen LogP contribution in [0.15, 0.2) is 28.7 Å². The minimum Gasteiger partial charge on any atom is -0.384 e. The maximum atomic E-state index is 10.3. The number of aromatic nitrogens is 1. The van der Waals surface area contributed by atoms with E-state index < -0.39 is 5.60 Å². The van der Waals surface area contributed by atoms with E-state index in [0.717, 1.165) is 15.7 Å². The third-order valence-corrected chi connectivity index (χ3v) is 3.44. The lowest BCUT2D eigenvalue weighted by Gasteiger charge is -2.23. The summed E-state index contributed by atoms with van der Waals surface area (Å²) in [5.41, 5.74) is 1.29. The molecule has 3 heteroatoms. The number of benzene rings is 1. The lowest BCUT2D eigenvalue weighted by Crippen LogP contribution is -2.21. The Bertz CT molecular complexity index is 549. The van der Waals surface area contributed by atoms with Crippen LogP contribution in [0, 0.1) is 0 Å². The van der Waals surface area contributed by atoms with Crippen molar-refractivity contribution in [2.45, 2.75) is 39.3 Å². The molecule has 2 rings (SSSR count). The van der Waals surface area contributed by atoms with Gasteiger partial charge < -0.3 is 9.67 Å². The fourth-order valence-corrected chi connectivity index (χ4v) is 2.57. The SMILES string of the molecule is CC(C)n1c(C(C)(C)O)cc2ccc(Br)cc21. The monoisotopic (exact) mass is 295 g/mol. The van der Waals surface area contributed by atoms with Gasteiger partial charge in [0, 0.05) is 21.4 Å². The first kappa shape index (κ1) is 12.7. The van der Waals surface area contributed by atoms with E-state index in [-0.39, 0.29) is 0 Å². The topological polar surface area (TPSA) is 25.2 Å². The van der Waals surface area contributed by atoms with Gasteiger partial charge in [0.1, 0.15) is 0 Å². The van der Waals surface area contributed by atoms with Gasteiger partial charge >= 0.3 is 0 Å². The van der Waals surface area contributed by atoms with E-state index in [2.05, 4.69) is 52.5 Å². The van der Waals surface area contributed by atoms with Gasteiger partial charge in [-0.15, -0.1) is 0 Å². The van der Waals surface area contributed by atoms with Gasteiger partial charge in [-0.2, -0.15) is 0 Å². The molecule has 1 heterocycles. The first-order valence-electron chi connectivity index (χ1n) is 5.84. The normalized spacial score (nSPS) is 12.6. The molecule has 2 nitrogen and oxygen atoms in total. The van der Waals surface area contributed by atoms with Crippen molar-refractivity contribution >= 4 is 26.8 Å². The van der Waals surface area contributed by atoms with Crippen LogP contribution in [0.25, 0.3) is 10.9 Å². The molecule has 1 aromatic carbocycles. The van der Waals surface area contributed by atoms with Crippen molar-refractivity contribution in [1.29, 1.82) is 0 Å². The van der Waals surface area contributed by atoms with E-state index in [4.69, 9.17) is 0 Å². The second kappa shape index (κ2) is 4.14. The molecule has 1 N–H and O–H groups in total. The zero-order valence-electron chi connectivity index (χ0n) is 10.7. The summed E-state index contributed by atoms with van der Waals surface area (Å²) in [4.78, 5) is 0. The van der Waals surface area contributed by atoms with E-state index in [0.29, 0.717) is 6.04 Å². The van der Waals surface area contributed by atoms with Gasteiger partial charge in [-0.25, -0.2) is 0 Å². The van der Waals surface area contributed by atoms with Crippen molar-refractivity contribution in [3.05, 3.63) is 34.4 Å². The Morgan fingerprint density at radius 3 is 2.41 bits per heavy atom. The van der Waals surface area contributed by atoms with Crippen molar-refractivity contribution in [2.24, 2.45) is 0 Å². The number of rotatable bonds is 2. The highest BCUT2D eigenvalue weighted by Crippen LogP contribution is 2.32. The van der Waals surface area contributed by atoms with E-state index >= 15 is 0 Å². The zero-order valence-corrected chi connectivity index (χ0v) is 12.2. The molecule has 17 heavy (non-hydrogen) atoms. The zero-order chi connectivity index (χ0) is 12.8. The Kier molecular flexibility index (Phi) is 3.08. The summed E-state index contributed by atoms with van der Waals surface area (Å²) in [6.07, 6.45) is 0. The molecule has 0 amide bonds. The molecule has 0 unspecified atom stereocenters. The van der Waals surface area contributed by atoms with Crippen LogP contribution >= 0.6 is 15.9 Å². The molecule has 0 aliphatic heterocycles. The molecule has 0 aliphatic rings. The first-order chi connectivity index (χ1) is 7.80. The first-order valence-corrected chi connectivity index (χ1v) is 6.63. The van der Waals surface area contributed by atoms with Gasteiger partial charge in [0.05, 0.1) is 11.3 Å². The molecule has 0 fully saturated rings. The summed E-state index contributed by atoms with van der Waals surface area (Å²) in [5.74, 6) is 0. The minimum absolute atomic E-state index is 0.322. The van der Waals surface area contributed by atoms with Crippen LogP contribution in [0.5, 0.6) is 0 Å². The summed E-state index contributed by atoms with van der Waals surface area (Å²) < 4.78 is 3.26. The second-order valence-electron chi connectivity index (χ2n) is 5.26. The third kappa shape index (κ3) is 2.26. The Morgan fingerprint density at radius 2 is 1.88 bits per heavy atom. The van der Waals surface area contributed by atoms with Crippen molar-refractivity contribution in [1.82, 2.24) is 4.57 Å². The van der Waals surface area contributed by atoms with Crippen LogP contribution in [-0.2, 0) is 5.60 Å². The van der Waals surface area contributed by atoms with Crippen LogP contribution in [0.1, 0.15) is 39.4 Å². The van der Waals surface area contributed by atoms with Gasteiger partial charge in [0.2, 0.25) is 0 Å². The van der Waals surface area contributed by atoms with Crippen LogP contribution < -0.4 is 0 Å². The molecule has 0 saturated heterocycles. The second-order valence-corrected chi connectivity index (χ2v) is 6.17. The average Bonchev–Trinajstić information content (AvgIpc) is 2.55. The third-order valence-electron chi connectivity index (χ3n) is 2.95. The maximum Gasteiger partial charge on any atom is 0.0989 e. The Morgan fingerprint density at radius 1 is 1.24 bits per heavy atom. The standard InChI is InChI=1S/C14H18BrNO/c1-9(2)16-12-8-11(15)6-5-10(12)7-13(16)14(3,4)17/h5-9,17H,1-4H3. The van der Waals surface area contributed by atoms with Crippen molar-refractivity contribution in [2.75, 3.05) is 0 Å². The Hall–Kier alpha value is -0.800. The summed E-state index contributed by atoms with van der Waals surface area (Å²) >= 11 is 3.50. The molecule has 0 atom stereocenters. The summed E-state index contributed by atoms with van der Waals surface area (Å²) in [7, 11) is 0. The van der Waals surface area contributed by atoms with Crippen molar-refractivity contribution in [3.8, 4) is 0 Å². The minimum atomic E-state index is -0.824. The molecule has 0 spiro atoms. The lowest BCUT2D eigenvalue weighted by molar-refractivity contribution is 0.0691. The van der Waals surface area contributed by atoms with Crippen molar-refractivity contribution < 1.29 is 5.11 Å². The van der Waals surface area contributed by atoms with Gasteiger partial charge in [0.25, 0.3) is 0 Å². The molecule has 0 radical (unpaired) electrons. The van der Waals surface area contributed by atoms with E-state index in [1.807, 2.05) is 19.9 Å². The number of fused-ring (bicyclic) bond motifs is 1. The smallest absolute Gasteiger partial charge is 0.0989 e. The molecular formula is C14H18BrNO. The predicted molar refractivity (Wildman–Crippen MR) is 75.3 cm³/mol. The predicted octanol–water partition coefficient (Wildman–Crippen LogP) is 4.21. The Labute approximate surface area is 110 Å². The number of hydrogen-bond donors (Lipinski definition) is 1. The van der Waals surface area contributed by atoms with Gasteiger partial charge in [-0.3, -0.25) is 0 Å². The molecule has 0 aliphatic carbocycles. The van der Waals surface area contributed by atoms with E-state index in [1.165, 1.54) is 5.39 Å². The fraction of sp³-hybridized carbons (Fsp3) is 0.429. The molecule has 92 valence electrons. The quantitative estimate of drug-likeness (QED) is 0.882. The largest absolute Gasteiger partial charge is 0.384 e. The average molecular weight is 296 g/mol. The summed E-state index contributed by atoms with van der Waals surface area (Å²) in [6.45, 7) is 7.93. The van der Waals surface area contributed by atoms with Gasteiger partial charge in [-0.05, 0) is 45.9 Å². The molecular weight excluding hydrogens is 278 g/mol. The van der Waals surface area contributed by atoms with Gasteiger partial charge in [0.15, 0.2) is 0 Å². The summed E-state index contributed by atoms with van der Waals surface area (Å²) in [5, 5.41) is 11.4. The van der Waals surface area contributed by atoms with Gasteiger partial charge in [-0.1, -0.05) is 22.0 Å². The van der Waals surface area contributed by atoms with Crippen LogP contribution in [0.4, 0.5) is 0 Å². The number of halogens is 1. The number of nitrogens with zero attached hydrogens (tertiary/aromatic N) is 1. The highest BCUT2D eigenvalue weighted by Gasteiger charge is 2.23. The van der Waals surface area contributed by atoms with E-state index in [9.17, 15) is 5.11 Å². The molecule has 1 aromatic heterocycles. The van der Waals surface area contributed by atoms with E-state index in [1.54, 1.807) is 0 Å². The molecule has 0 bridgehead atoms. The molecule has 0 saturated carbocycles. The summed E-state index contributed by atoms with van der Waals surface area (Å²) in [6, 6.07) is 8.60.